The Kier molecular flexibility index (Phi) is 2.75. The highest BCUT2D eigenvalue weighted by molar-refractivity contribution is 9.12. The van der Waals surface area contributed by atoms with E-state index >= 15 is 0 Å². The average molecular weight is 229 g/mol. The van der Waals surface area contributed by atoms with E-state index in [0.717, 1.165) is 10.2 Å². The van der Waals surface area contributed by atoms with E-state index in [9.17, 15) is 0 Å². The first-order valence-electron chi connectivity index (χ1n) is 3.73. The molecule has 0 aromatic carbocycles. The van der Waals surface area contributed by atoms with Gasteiger partial charge < -0.3 is 0 Å². The van der Waals surface area contributed by atoms with E-state index in [4.69, 9.17) is 0 Å². The number of hydrogen-bond acceptors (Lipinski definition) is 2. The lowest BCUT2D eigenvalue weighted by Crippen LogP contribution is -2.32. The molecule has 0 aromatic rings. The first-order valence-corrected chi connectivity index (χ1v) is 4.53. The summed E-state index contributed by atoms with van der Waals surface area (Å²) in [5, 5.41) is 3.99. The van der Waals surface area contributed by atoms with Gasteiger partial charge in [-0.1, -0.05) is 6.58 Å². The molecule has 1 rings (SSSR count). The molecule has 0 aliphatic carbocycles. The van der Waals surface area contributed by atoms with Gasteiger partial charge in [-0.3, -0.25) is 5.01 Å². The van der Waals surface area contributed by atoms with E-state index < -0.39 is 0 Å². The Bertz CT molecular complexity index is 264. The summed E-state index contributed by atoms with van der Waals surface area (Å²) in [6.45, 7) is 6.02. The van der Waals surface area contributed by atoms with Crippen LogP contribution in [0.1, 0.15) is 6.92 Å². The summed E-state index contributed by atoms with van der Waals surface area (Å²) in [6, 6.07) is 0. The van der Waals surface area contributed by atoms with Crippen molar-refractivity contribution in [3.63, 3.8) is 0 Å². The standard InChI is InChI=1S/C9H13BrN2/c1-7-5-9(10)8(2)12(6-7)11(3)4/h5-6H,2H2,1,3-4H3. The van der Waals surface area contributed by atoms with Crippen LogP contribution in [0.4, 0.5) is 0 Å². The van der Waals surface area contributed by atoms with Crippen molar-refractivity contribution >= 4 is 15.9 Å². The Hall–Kier alpha value is -0.540. The van der Waals surface area contributed by atoms with Crippen LogP contribution in [0.15, 0.2) is 34.6 Å². The Labute approximate surface area is 81.9 Å². The number of allylic oxidation sites excluding steroid dienone is 3. The van der Waals surface area contributed by atoms with E-state index in [2.05, 4.69) is 35.5 Å². The fourth-order valence-electron chi connectivity index (χ4n) is 1.06. The summed E-state index contributed by atoms with van der Waals surface area (Å²) in [6.07, 6.45) is 4.11. The third-order valence-corrected chi connectivity index (χ3v) is 2.35. The van der Waals surface area contributed by atoms with Crippen LogP contribution in [0.5, 0.6) is 0 Å². The lowest BCUT2D eigenvalue weighted by atomic mass is 10.2. The molecular formula is C9H13BrN2. The molecule has 0 fully saturated rings. The quantitative estimate of drug-likeness (QED) is 0.681. The molecule has 0 unspecified atom stereocenters. The number of nitrogens with zero attached hydrogens (tertiary/aromatic N) is 2. The summed E-state index contributed by atoms with van der Waals surface area (Å²) in [5.74, 6) is 0. The second-order valence-corrected chi connectivity index (χ2v) is 3.86. The molecule has 0 bridgehead atoms. The molecule has 3 heteroatoms. The maximum atomic E-state index is 3.96. The monoisotopic (exact) mass is 228 g/mol. The zero-order valence-corrected chi connectivity index (χ0v) is 9.22. The van der Waals surface area contributed by atoms with Gasteiger partial charge >= 0.3 is 0 Å². The zero-order chi connectivity index (χ0) is 9.30. The smallest absolute Gasteiger partial charge is 0.0643 e. The zero-order valence-electron chi connectivity index (χ0n) is 7.63. The van der Waals surface area contributed by atoms with Crippen LogP contribution in [0.25, 0.3) is 0 Å². The first kappa shape index (κ1) is 9.55. The molecule has 2 nitrogen and oxygen atoms in total. The Morgan fingerprint density at radius 3 is 2.58 bits per heavy atom. The van der Waals surface area contributed by atoms with Gasteiger partial charge in [0, 0.05) is 24.8 Å². The highest BCUT2D eigenvalue weighted by Crippen LogP contribution is 2.26. The molecule has 0 atom stereocenters. The average Bonchev–Trinajstić information content (AvgIpc) is 1.96. The van der Waals surface area contributed by atoms with E-state index in [1.54, 1.807) is 0 Å². The van der Waals surface area contributed by atoms with Gasteiger partial charge in [0.05, 0.1) is 5.70 Å². The van der Waals surface area contributed by atoms with Gasteiger partial charge in [0.15, 0.2) is 0 Å². The fourth-order valence-corrected chi connectivity index (χ4v) is 1.60. The van der Waals surface area contributed by atoms with E-state index in [-0.39, 0.29) is 0 Å². The minimum Gasteiger partial charge on any atom is -0.281 e. The van der Waals surface area contributed by atoms with Gasteiger partial charge in [-0.05, 0) is 34.5 Å². The fraction of sp³-hybridized carbons (Fsp3) is 0.333. The lowest BCUT2D eigenvalue weighted by molar-refractivity contribution is 0.128. The van der Waals surface area contributed by atoms with Crippen LogP contribution < -0.4 is 0 Å². The van der Waals surface area contributed by atoms with E-state index in [1.807, 2.05) is 30.3 Å². The second kappa shape index (κ2) is 3.46. The Morgan fingerprint density at radius 2 is 2.08 bits per heavy atom. The van der Waals surface area contributed by atoms with Crippen molar-refractivity contribution in [2.45, 2.75) is 6.92 Å². The number of hydrogen-bond donors (Lipinski definition) is 0. The summed E-state index contributed by atoms with van der Waals surface area (Å²) in [5.41, 5.74) is 2.17. The van der Waals surface area contributed by atoms with Crippen molar-refractivity contribution in [1.82, 2.24) is 10.0 Å². The third-order valence-electron chi connectivity index (χ3n) is 1.66. The highest BCUT2D eigenvalue weighted by atomic mass is 79.9. The first-order chi connectivity index (χ1) is 5.52. The molecular weight excluding hydrogens is 216 g/mol. The maximum Gasteiger partial charge on any atom is 0.0643 e. The molecule has 1 aliphatic heterocycles. The van der Waals surface area contributed by atoms with Crippen molar-refractivity contribution in [2.75, 3.05) is 14.1 Å². The molecule has 0 N–H and O–H groups in total. The van der Waals surface area contributed by atoms with Crippen molar-refractivity contribution in [3.8, 4) is 0 Å². The molecule has 0 saturated heterocycles. The Balaban J connectivity index is 2.94. The van der Waals surface area contributed by atoms with Crippen molar-refractivity contribution < 1.29 is 0 Å². The highest BCUT2D eigenvalue weighted by Gasteiger charge is 2.14. The summed E-state index contributed by atoms with van der Waals surface area (Å²) in [7, 11) is 3.97. The third kappa shape index (κ3) is 1.79. The van der Waals surface area contributed by atoms with Crippen LogP contribution in [0, 0.1) is 0 Å². The van der Waals surface area contributed by atoms with Gasteiger partial charge in [-0.25, -0.2) is 5.01 Å². The van der Waals surface area contributed by atoms with Gasteiger partial charge in [0.25, 0.3) is 0 Å². The van der Waals surface area contributed by atoms with Gasteiger partial charge in [0.2, 0.25) is 0 Å². The lowest BCUT2D eigenvalue weighted by Gasteiger charge is -2.31. The Morgan fingerprint density at radius 1 is 1.50 bits per heavy atom. The topological polar surface area (TPSA) is 6.48 Å². The van der Waals surface area contributed by atoms with E-state index in [1.165, 1.54) is 5.57 Å². The second-order valence-electron chi connectivity index (χ2n) is 3.00. The molecule has 1 heterocycles. The van der Waals surface area contributed by atoms with Gasteiger partial charge in [-0.2, -0.15) is 0 Å². The predicted molar refractivity (Wildman–Crippen MR) is 55.4 cm³/mol. The van der Waals surface area contributed by atoms with Crippen LogP contribution in [0.2, 0.25) is 0 Å². The largest absolute Gasteiger partial charge is 0.281 e. The van der Waals surface area contributed by atoms with Crippen molar-refractivity contribution in [3.05, 3.63) is 34.6 Å². The van der Waals surface area contributed by atoms with Crippen LogP contribution in [-0.2, 0) is 0 Å². The molecule has 0 spiro atoms. The minimum absolute atomic E-state index is 0.964. The molecule has 66 valence electrons. The SMILES string of the molecule is C=C1C(Br)=CC(C)=CN1N(C)C. The number of rotatable bonds is 1. The summed E-state index contributed by atoms with van der Waals surface area (Å²) in [4.78, 5) is 0. The summed E-state index contributed by atoms with van der Waals surface area (Å²) < 4.78 is 1.04. The van der Waals surface area contributed by atoms with Crippen LogP contribution >= 0.6 is 15.9 Å². The predicted octanol–water partition coefficient (Wildman–Crippen LogP) is 2.47. The number of hydrazine groups is 1. The summed E-state index contributed by atoms with van der Waals surface area (Å²) >= 11 is 3.46. The minimum atomic E-state index is 0.964. The van der Waals surface area contributed by atoms with Crippen molar-refractivity contribution in [2.24, 2.45) is 0 Å². The van der Waals surface area contributed by atoms with Gasteiger partial charge in [-0.15, -0.1) is 0 Å². The number of halogens is 1. The van der Waals surface area contributed by atoms with E-state index in [0.29, 0.717) is 0 Å². The molecule has 1 aliphatic rings. The molecule has 0 aromatic heterocycles. The van der Waals surface area contributed by atoms with Gasteiger partial charge in [0.1, 0.15) is 0 Å². The maximum absolute atomic E-state index is 3.96. The van der Waals surface area contributed by atoms with Crippen LogP contribution in [-0.4, -0.2) is 24.1 Å². The molecule has 0 radical (unpaired) electrons. The normalized spacial score (nSPS) is 18.1. The molecule has 0 saturated carbocycles. The van der Waals surface area contributed by atoms with Crippen LogP contribution in [0.3, 0.4) is 0 Å². The molecule has 0 amide bonds. The van der Waals surface area contributed by atoms with Crippen molar-refractivity contribution in [1.29, 1.82) is 0 Å². The molecule has 12 heavy (non-hydrogen) atoms.